The molecule has 0 heteroatoms. The molecule has 0 aromatic carbocycles. The van der Waals surface area contributed by atoms with Crippen LogP contribution in [0.15, 0.2) is 0 Å². The van der Waals surface area contributed by atoms with E-state index in [1.807, 2.05) is 5.92 Å². The van der Waals surface area contributed by atoms with E-state index in [0.29, 0.717) is 0 Å². The van der Waals surface area contributed by atoms with Crippen molar-refractivity contribution in [2.45, 2.75) is 96.8 Å². The van der Waals surface area contributed by atoms with E-state index in [9.17, 15) is 0 Å². The van der Waals surface area contributed by atoms with Crippen LogP contribution in [0.2, 0.25) is 0 Å². The Morgan fingerprint density at radius 3 is 1.75 bits per heavy atom. The Balaban J connectivity index is 1.71. The Bertz CT molecular complexity index is 133. The van der Waals surface area contributed by atoms with Gasteiger partial charge in [-0.3, -0.25) is 0 Å². The van der Waals surface area contributed by atoms with Gasteiger partial charge in [0.25, 0.3) is 0 Å². The van der Waals surface area contributed by atoms with E-state index in [0.717, 1.165) is 0 Å². The normalized spacial score (nSPS) is 17.1. The van der Waals surface area contributed by atoms with Crippen molar-refractivity contribution in [3.63, 3.8) is 0 Å². The maximum Gasteiger partial charge on any atom is -0.0241 e. The summed E-state index contributed by atoms with van der Waals surface area (Å²) in [6, 6.07) is 0. The molecular formula is C16H31. The van der Waals surface area contributed by atoms with Crippen molar-refractivity contribution in [2.75, 3.05) is 0 Å². The molecule has 0 amide bonds. The van der Waals surface area contributed by atoms with Crippen LogP contribution in [-0.2, 0) is 0 Å². The van der Waals surface area contributed by atoms with E-state index in [4.69, 9.17) is 0 Å². The second-order valence-electron chi connectivity index (χ2n) is 5.54. The third-order valence-corrected chi connectivity index (χ3v) is 3.94. The first-order valence-corrected chi connectivity index (χ1v) is 7.77. The van der Waals surface area contributed by atoms with Crippen LogP contribution in [0, 0.1) is 5.92 Å². The lowest BCUT2D eigenvalue weighted by atomic mass is 9.99. The van der Waals surface area contributed by atoms with E-state index in [-0.39, 0.29) is 0 Å². The zero-order valence-corrected chi connectivity index (χ0v) is 11.4. The first-order chi connectivity index (χ1) is 7.93. The van der Waals surface area contributed by atoms with Crippen molar-refractivity contribution in [1.29, 1.82) is 0 Å². The van der Waals surface area contributed by atoms with Crippen LogP contribution in [0.5, 0.6) is 0 Å². The predicted molar refractivity (Wildman–Crippen MR) is 73.6 cm³/mol. The molecule has 95 valence electrons. The van der Waals surface area contributed by atoms with E-state index in [1.165, 1.54) is 89.9 Å². The first-order valence-electron chi connectivity index (χ1n) is 7.77. The molecule has 0 saturated heterocycles. The maximum absolute atomic E-state index is 2.29. The molecule has 0 aromatic rings. The second kappa shape index (κ2) is 10.2. The first kappa shape index (κ1) is 14.1. The molecule has 1 fully saturated rings. The fourth-order valence-electron chi connectivity index (χ4n) is 2.81. The van der Waals surface area contributed by atoms with Crippen LogP contribution in [-0.4, -0.2) is 0 Å². The molecule has 0 atom stereocenters. The van der Waals surface area contributed by atoms with E-state index in [1.54, 1.807) is 0 Å². The SMILES string of the molecule is CCCCCCCCCCC[C]1CCCC1. The highest BCUT2D eigenvalue weighted by molar-refractivity contribution is 4.93. The highest BCUT2D eigenvalue weighted by Gasteiger charge is 2.14. The molecule has 0 aliphatic heterocycles. The summed E-state index contributed by atoms with van der Waals surface area (Å²) in [5.74, 6) is 1.88. The van der Waals surface area contributed by atoms with Gasteiger partial charge in [-0.15, -0.1) is 0 Å². The fourth-order valence-corrected chi connectivity index (χ4v) is 2.81. The Morgan fingerprint density at radius 1 is 0.688 bits per heavy atom. The van der Waals surface area contributed by atoms with Gasteiger partial charge in [0, 0.05) is 0 Å². The van der Waals surface area contributed by atoms with Gasteiger partial charge in [0.1, 0.15) is 0 Å². The lowest BCUT2D eigenvalue weighted by molar-refractivity contribution is 0.554. The molecule has 1 aliphatic carbocycles. The zero-order chi connectivity index (χ0) is 11.5. The quantitative estimate of drug-likeness (QED) is 0.395. The third kappa shape index (κ3) is 7.30. The van der Waals surface area contributed by atoms with E-state index < -0.39 is 0 Å². The van der Waals surface area contributed by atoms with Crippen LogP contribution >= 0.6 is 0 Å². The number of hydrogen-bond donors (Lipinski definition) is 0. The molecule has 0 nitrogen and oxygen atoms in total. The smallest absolute Gasteiger partial charge is 0.0241 e. The standard InChI is InChI=1S/C16H31/c1-2-3-4-5-6-7-8-9-10-13-16-14-11-12-15-16/h2-15H2,1H3. The van der Waals surface area contributed by atoms with Crippen molar-refractivity contribution >= 4 is 0 Å². The molecule has 1 aliphatic rings. The molecular weight excluding hydrogens is 192 g/mol. The van der Waals surface area contributed by atoms with Gasteiger partial charge < -0.3 is 0 Å². The molecule has 1 rings (SSSR count). The van der Waals surface area contributed by atoms with Crippen molar-refractivity contribution in [3.8, 4) is 0 Å². The highest BCUT2D eigenvalue weighted by Crippen LogP contribution is 2.31. The van der Waals surface area contributed by atoms with Crippen LogP contribution in [0.25, 0.3) is 0 Å². The Morgan fingerprint density at radius 2 is 1.19 bits per heavy atom. The van der Waals surface area contributed by atoms with Crippen molar-refractivity contribution in [1.82, 2.24) is 0 Å². The molecule has 1 radical (unpaired) electrons. The molecule has 0 heterocycles. The molecule has 0 N–H and O–H groups in total. The lowest BCUT2D eigenvalue weighted by Gasteiger charge is -2.07. The van der Waals surface area contributed by atoms with Crippen LogP contribution in [0.3, 0.4) is 0 Å². The fraction of sp³-hybridized carbons (Fsp3) is 0.938. The molecule has 1 saturated carbocycles. The Hall–Kier alpha value is 0. The van der Waals surface area contributed by atoms with E-state index >= 15 is 0 Å². The van der Waals surface area contributed by atoms with Gasteiger partial charge in [0.15, 0.2) is 0 Å². The lowest BCUT2D eigenvalue weighted by Crippen LogP contribution is -1.90. The molecule has 0 unspecified atom stereocenters. The molecule has 0 spiro atoms. The summed E-state index contributed by atoms with van der Waals surface area (Å²) in [5.41, 5.74) is 0. The van der Waals surface area contributed by atoms with Gasteiger partial charge in [0.2, 0.25) is 0 Å². The Kier molecular flexibility index (Phi) is 8.94. The topological polar surface area (TPSA) is 0 Å². The summed E-state index contributed by atoms with van der Waals surface area (Å²) in [6.45, 7) is 2.29. The summed E-state index contributed by atoms with van der Waals surface area (Å²) in [4.78, 5) is 0. The van der Waals surface area contributed by atoms with Crippen molar-refractivity contribution < 1.29 is 0 Å². The van der Waals surface area contributed by atoms with Crippen LogP contribution < -0.4 is 0 Å². The van der Waals surface area contributed by atoms with Crippen LogP contribution in [0.4, 0.5) is 0 Å². The summed E-state index contributed by atoms with van der Waals surface area (Å²) in [7, 11) is 0. The van der Waals surface area contributed by atoms with E-state index in [2.05, 4.69) is 6.92 Å². The Labute approximate surface area is 103 Å². The minimum absolute atomic E-state index is 1.37. The largest absolute Gasteiger partial charge is 0.0654 e. The molecule has 16 heavy (non-hydrogen) atoms. The van der Waals surface area contributed by atoms with Crippen molar-refractivity contribution in [3.05, 3.63) is 5.92 Å². The second-order valence-corrected chi connectivity index (χ2v) is 5.54. The van der Waals surface area contributed by atoms with Crippen molar-refractivity contribution in [2.24, 2.45) is 0 Å². The predicted octanol–water partition coefficient (Wildman–Crippen LogP) is 6.06. The number of rotatable bonds is 10. The highest BCUT2D eigenvalue weighted by atomic mass is 14.2. The average molecular weight is 223 g/mol. The summed E-state index contributed by atoms with van der Waals surface area (Å²) in [6.07, 6.45) is 20.5. The number of hydrogen-bond acceptors (Lipinski definition) is 0. The average Bonchev–Trinajstić information content (AvgIpc) is 2.80. The minimum Gasteiger partial charge on any atom is -0.0654 e. The maximum atomic E-state index is 2.29. The van der Waals surface area contributed by atoms with Gasteiger partial charge in [-0.1, -0.05) is 77.6 Å². The van der Waals surface area contributed by atoms with Gasteiger partial charge in [-0.2, -0.15) is 0 Å². The minimum atomic E-state index is 1.37. The summed E-state index contributed by atoms with van der Waals surface area (Å²) >= 11 is 0. The number of unbranched alkanes of at least 4 members (excludes halogenated alkanes) is 8. The summed E-state index contributed by atoms with van der Waals surface area (Å²) < 4.78 is 0. The van der Waals surface area contributed by atoms with Gasteiger partial charge in [0.05, 0.1) is 0 Å². The van der Waals surface area contributed by atoms with Gasteiger partial charge in [-0.05, 0) is 25.2 Å². The molecule has 0 bridgehead atoms. The zero-order valence-electron chi connectivity index (χ0n) is 11.4. The monoisotopic (exact) mass is 223 g/mol. The van der Waals surface area contributed by atoms with Crippen LogP contribution in [0.1, 0.15) is 96.8 Å². The van der Waals surface area contributed by atoms with Gasteiger partial charge >= 0.3 is 0 Å². The molecule has 0 aromatic heterocycles. The third-order valence-electron chi connectivity index (χ3n) is 3.94. The summed E-state index contributed by atoms with van der Waals surface area (Å²) in [5, 5.41) is 0. The van der Waals surface area contributed by atoms with Gasteiger partial charge in [-0.25, -0.2) is 0 Å².